The second-order valence-corrected chi connectivity index (χ2v) is 7.61. The molecule has 2 saturated heterocycles. The van der Waals surface area contributed by atoms with Crippen molar-refractivity contribution in [1.82, 2.24) is 9.80 Å². The highest BCUT2D eigenvalue weighted by Crippen LogP contribution is 2.32. The monoisotopic (exact) mass is 432 g/mol. The van der Waals surface area contributed by atoms with E-state index in [9.17, 15) is 22.8 Å². The van der Waals surface area contributed by atoms with Crippen LogP contribution in [0.4, 0.5) is 29.3 Å². The Bertz CT molecular complexity index is 943. The maximum atomic E-state index is 13.0. The lowest BCUT2D eigenvalue weighted by molar-refractivity contribution is -0.137. The minimum Gasteiger partial charge on any atom is -0.368 e. The summed E-state index contributed by atoms with van der Waals surface area (Å²) in [7, 11) is 0. The Morgan fingerprint density at radius 2 is 1.52 bits per heavy atom. The zero-order valence-corrected chi connectivity index (χ0v) is 16.9. The molecule has 2 heterocycles. The number of carbonyl (C=O) groups is 2. The largest absolute Gasteiger partial charge is 0.416 e. The molecule has 2 aliphatic rings. The lowest BCUT2D eigenvalue weighted by Crippen LogP contribution is -2.51. The molecule has 4 rings (SSSR count). The molecule has 2 aromatic carbocycles. The van der Waals surface area contributed by atoms with Crippen molar-refractivity contribution in [2.75, 3.05) is 55.6 Å². The molecule has 0 aromatic heterocycles. The van der Waals surface area contributed by atoms with Crippen molar-refractivity contribution < 1.29 is 22.8 Å². The predicted octanol–water partition coefficient (Wildman–Crippen LogP) is 3.30. The number of benzene rings is 2. The molecule has 9 heteroatoms. The van der Waals surface area contributed by atoms with Gasteiger partial charge < -0.3 is 14.7 Å². The van der Waals surface area contributed by atoms with Gasteiger partial charge in [-0.05, 0) is 30.3 Å². The number of urea groups is 1. The van der Waals surface area contributed by atoms with Crippen LogP contribution in [0.15, 0.2) is 54.6 Å². The molecule has 0 bridgehead atoms. The molecule has 2 fully saturated rings. The van der Waals surface area contributed by atoms with Crippen molar-refractivity contribution in [2.24, 2.45) is 0 Å². The first-order valence-corrected chi connectivity index (χ1v) is 10.1. The van der Waals surface area contributed by atoms with Crippen molar-refractivity contribution >= 4 is 23.3 Å². The van der Waals surface area contributed by atoms with Crippen LogP contribution >= 0.6 is 0 Å². The average molecular weight is 432 g/mol. The lowest BCUT2D eigenvalue weighted by Gasteiger charge is -2.37. The lowest BCUT2D eigenvalue weighted by atomic mass is 10.1. The number of hydrogen-bond acceptors (Lipinski definition) is 3. The summed E-state index contributed by atoms with van der Waals surface area (Å²) in [6.07, 6.45) is -4.39. The second-order valence-electron chi connectivity index (χ2n) is 7.61. The van der Waals surface area contributed by atoms with E-state index in [1.54, 1.807) is 15.9 Å². The van der Waals surface area contributed by atoms with Crippen LogP contribution in [0.3, 0.4) is 0 Å². The van der Waals surface area contributed by atoms with Crippen LogP contribution in [0, 0.1) is 0 Å². The minimum atomic E-state index is -4.39. The van der Waals surface area contributed by atoms with Gasteiger partial charge in [-0.1, -0.05) is 24.3 Å². The summed E-state index contributed by atoms with van der Waals surface area (Å²) in [5, 5.41) is 0. The number of piperazine rings is 1. The number of nitrogens with zero attached hydrogens (tertiary/aromatic N) is 4. The third kappa shape index (κ3) is 4.60. The van der Waals surface area contributed by atoms with E-state index in [1.165, 1.54) is 11.0 Å². The Morgan fingerprint density at radius 1 is 0.839 bits per heavy atom. The minimum absolute atomic E-state index is 0.00568. The summed E-state index contributed by atoms with van der Waals surface area (Å²) in [6.45, 7) is 2.70. The highest BCUT2D eigenvalue weighted by molar-refractivity contribution is 5.96. The molecule has 0 unspecified atom stereocenters. The van der Waals surface area contributed by atoms with Gasteiger partial charge in [-0.25, -0.2) is 4.79 Å². The first-order valence-electron chi connectivity index (χ1n) is 10.1. The first-order chi connectivity index (χ1) is 14.8. The van der Waals surface area contributed by atoms with E-state index >= 15 is 0 Å². The van der Waals surface area contributed by atoms with Gasteiger partial charge in [0.05, 0.1) is 5.56 Å². The Hall–Kier alpha value is -3.23. The van der Waals surface area contributed by atoms with Gasteiger partial charge in [0, 0.05) is 50.6 Å². The number of halogens is 3. The van der Waals surface area contributed by atoms with Crippen LogP contribution in [-0.2, 0) is 11.0 Å². The summed E-state index contributed by atoms with van der Waals surface area (Å²) in [5.41, 5.74) is 0.617. The van der Waals surface area contributed by atoms with Crippen LogP contribution in [0.1, 0.15) is 5.56 Å². The van der Waals surface area contributed by atoms with E-state index in [4.69, 9.17) is 0 Å². The Morgan fingerprint density at radius 3 is 2.19 bits per heavy atom. The van der Waals surface area contributed by atoms with Crippen molar-refractivity contribution in [3.63, 3.8) is 0 Å². The fourth-order valence-electron chi connectivity index (χ4n) is 3.93. The van der Waals surface area contributed by atoms with E-state index in [0.29, 0.717) is 45.0 Å². The van der Waals surface area contributed by atoms with E-state index in [0.717, 1.165) is 17.8 Å². The number of amides is 3. The molecule has 0 radical (unpaired) electrons. The second kappa shape index (κ2) is 8.49. The summed E-state index contributed by atoms with van der Waals surface area (Å²) in [5.74, 6) is -0.146. The first kappa shape index (κ1) is 21.0. The Kier molecular flexibility index (Phi) is 5.75. The molecule has 0 aliphatic carbocycles. The van der Waals surface area contributed by atoms with Crippen molar-refractivity contribution in [3.8, 4) is 0 Å². The van der Waals surface area contributed by atoms with Crippen LogP contribution in [0.5, 0.6) is 0 Å². The number of para-hydroxylation sites is 1. The Labute approximate surface area is 178 Å². The van der Waals surface area contributed by atoms with Gasteiger partial charge in [-0.3, -0.25) is 9.69 Å². The normalized spacial score (nSPS) is 17.5. The van der Waals surface area contributed by atoms with Crippen LogP contribution < -0.4 is 9.80 Å². The number of alkyl halides is 3. The third-order valence-electron chi connectivity index (χ3n) is 5.66. The highest BCUT2D eigenvalue weighted by atomic mass is 19.4. The maximum Gasteiger partial charge on any atom is 0.416 e. The van der Waals surface area contributed by atoms with E-state index < -0.39 is 11.7 Å². The summed E-state index contributed by atoms with van der Waals surface area (Å²) in [6, 6.07) is 14.4. The molecular weight excluding hydrogens is 409 g/mol. The molecule has 0 spiro atoms. The smallest absolute Gasteiger partial charge is 0.368 e. The predicted molar refractivity (Wildman–Crippen MR) is 111 cm³/mol. The number of rotatable bonds is 4. The quantitative estimate of drug-likeness (QED) is 0.745. The molecule has 0 N–H and O–H groups in total. The summed E-state index contributed by atoms with van der Waals surface area (Å²) in [4.78, 5) is 32.1. The van der Waals surface area contributed by atoms with Crippen molar-refractivity contribution in [3.05, 3.63) is 60.2 Å². The molecule has 164 valence electrons. The molecule has 2 aliphatic heterocycles. The van der Waals surface area contributed by atoms with E-state index in [1.807, 2.05) is 35.2 Å². The van der Waals surface area contributed by atoms with Crippen LogP contribution in [0.2, 0.25) is 0 Å². The summed E-state index contributed by atoms with van der Waals surface area (Å²) < 4.78 is 38.9. The number of carbonyl (C=O) groups excluding carboxylic acids is 2. The molecule has 0 saturated carbocycles. The van der Waals surface area contributed by atoms with Crippen LogP contribution in [-0.4, -0.2) is 67.6 Å². The topological polar surface area (TPSA) is 47.1 Å². The van der Waals surface area contributed by atoms with E-state index in [2.05, 4.69) is 0 Å². The van der Waals surface area contributed by atoms with Crippen molar-refractivity contribution in [2.45, 2.75) is 6.18 Å². The number of anilines is 2. The molecule has 2 aromatic rings. The molecule has 6 nitrogen and oxygen atoms in total. The molecular formula is C22H23F3N4O2. The SMILES string of the molecule is O=C(CN1CCN(c2ccccc2)C1=O)N1CCN(c2cccc(C(F)(F)F)c2)CC1. The van der Waals surface area contributed by atoms with E-state index in [-0.39, 0.29) is 18.5 Å². The van der Waals surface area contributed by atoms with Gasteiger partial charge in [0.25, 0.3) is 0 Å². The standard InChI is InChI=1S/C22H23F3N4O2/c23-22(24,25)17-5-4-8-19(15-17)26-9-11-27(12-10-26)20(30)16-28-13-14-29(21(28)31)18-6-2-1-3-7-18/h1-8,15H,9-14,16H2. The highest BCUT2D eigenvalue weighted by Gasteiger charge is 2.33. The Balaban J connectivity index is 1.32. The molecule has 31 heavy (non-hydrogen) atoms. The van der Waals surface area contributed by atoms with Gasteiger partial charge in [-0.2, -0.15) is 13.2 Å². The van der Waals surface area contributed by atoms with Crippen molar-refractivity contribution in [1.29, 1.82) is 0 Å². The fourth-order valence-corrected chi connectivity index (χ4v) is 3.93. The van der Waals surface area contributed by atoms with Gasteiger partial charge in [0.2, 0.25) is 5.91 Å². The average Bonchev–Trinajstić information content (AvgIpc) is 3.14. The molecule has 0 atom stereocenters. The molecule has 3 amide bonds. The van der Waals surface area contributed by atoms with Crippen LogP contribution in [0.25, 0.3) is 0 Å². The van der Waals surface area contributed by atoms with Gasteiger partial charge >= 0.3 is 12.2 Å². The fraction of sp³-hybridized carbons (Fsp3) is 0.364. The van der Waals surface area contributed by atoms with Gasteiger partial charge in [0.15, 0.2) is 0 Å². The summed E-state index contributed by atoms with van der Waals surface area (Å²) >= 11 is 0. The maximum absolute atomic E-state index is 13.0. The third-order valence-corrected chi connectivity index (χ3v) is 5.66. The van der Waals surface area contributed by atoms with Gasteiger partial charge in [-0.15, -0.1) is 0 Å². The van der Waals surface area contributed by atoms with Gasteiger partial charge in [0.1, 0.15) is 6.54 Å². The number of hydrogen-bond donors (Lipinski definition) is 0. The zero-order chi connectivity index (χ0) is 22.0. The zero-order valence-electron chi connectivity index (χ0n) is 16.9.